The van der Waals surface area contributed by atoms with Gasteiger partial charge in [-0.3, -0.25) is 9.59 Å². The molecule has 0 radical (unpaired) electrons. The first-order valence-electron chi connectivity index (χ1n) is 6.37. The molecule has 0 unspecified atom stereocenters. The summed E-state index contributed by atoms with van der Waals surface area (Å²) >= 11 is 0. The van der Waals surface area contributed by atoms with Gasteiger partial charge in [0.1, 0.15) is 11.6 Å². The second-order valence-electron chi connectivity index (χ2n) is 4.43. The number of para-hydroxylation sites is 1. The zero-order chi connectivity index (χ0) is 15.2. The zero-order valence-electron chi connectivity index (χ0n) is 11.2. The molecular formula is C16H14FNO3. The van der Waals surface area contributed by atoms with Crippen LogP contribution in [-0.4, -0.2) is 18.8 Å². The highest BCUT2D eigenvalue weighted by molar-refractivity contribution is 5.95. The second kappa shape index (κ2) is 6.65. The fourth-order valence-corrected chi connectivity index (χ4v) is 1.90. The summed E-state index contributed by atoms with van der Waals surface area (Å²) in [5.41, 5.74) is 6.28. The summed E-state index contributed by atoms with van der Waals surface area (Å²) in [5.74, 6) is -0.720. The van der Waals surface area contributed by atoms with Gasteiger partial charge in [0.15, 0.2) is 6.29 Å². The van der Waals surface area contributed by atoms with E-state index in [1.54, 1.807) is 30.3 Å². The largest absolute Gasteiger partial charge is 0.492 e. The Morgan fingerprint density at radius 2 is 2.00 bits per heavy atom. The zero-order valence-corrected chi connectivity index (χ0v) is 11.2. The smallest absolute Gasteiger partial charge is 0.252 e. The Balaban J connectivity index is 2.00. The van der Waals surface area contributed by atoms with Crippen LogP contribution in [0.1, 0.15) is 26.3 Å². The fraction of sp³-hybridized carbons (Fsp3) is 0.125. The van der Waals surface area contributed by atoms with Gasteiger partial charge in [0.25, 0.3) is 5.91 Å². The van der Waals surface area contributed by atoms with E-state index in [0.717, 1.165) is 0 Å². The quantitative estimate of drug-likeness (QED) is 0.829. The van der Waals surface area contributed by atoms with Gasteiger partial charge < -0.3 is 10.5 Å². The SMILES string of the molecule is NC(=O)c1ccccc1OCCc1ccc(C=O)c(F)c1. The predicted molar refractivity (Wildman–Crippen MR) is 75.9 cm³/mol. The molecular weight excluding hydrogens is 273 g/mol. The van der Waals surface area contributed by atoms with Gasteiger partial charge in [0.2, 0.25) is 0 Å². The first kappa shape index (κ1) is 14.7. The van der Waals surface area contributed by atoms with Crippen LogP contribution in [0.15, 0.2) is 42.5 Å². The van der Waals surface area contributed by atoms with Gasteiger partial charge in [-0.15, -0.1) is 0 Å². The van der Waals surface area contributed by atoms with E-state index >= 15 is 0 Å². The summed E-state index contributed by atoms with van der Waals surface area (Å²) in [5, 5.41) is 0. The summed E-state index contributed by atoms with van der Waals surface area (Å²) in [6, 6.07) is 11.0. The number of primary amides is 1. The second-order valence-corrected chi connectivity index (χ2v) is 4.43. The lowest BCUT2D eigenvalue weighted by Crippen LogP contribution is -2.13. The number of hydrogen-bond acceptors (Lipinski definition) is 3. The minimum atomic E-state index is -0.563. The van der Waals surface area contributed by atoms with Crippen molar-refractivity contribution in [3.8, 4) is 5.75 Å². The van der Waals surface area contributed by atoms with E-state index in [4.69, 9.17) is 10.5 Å². The number of halogens is 1. The lowest BCUT2D eigenvalue weighted by Gasteiger charge is -2.09. The summed E-state index contributed by atoms with van der Waals surface area (Å²) in [4.78, 5) is 21.8. The maximum atomic E-state index is 13.4. The van der Waals surface area contributed by atoms with Gasteiger partial charge in [0.05, 0.1) is 17.7 Å². The van der Waals surface area contributed by atoms with Crippen molar-refractivity contribution in [2.75, 3.05) is 6.61 Å². The van der Waals surface area contributed by atoms with Crippen molar-refractivity contribution in [3.63, 3.8) is 0 Å². The molecule has 0 bridgehead atoms. The van der Waals surface area contributed by atoms with Crippen molar-refractivity contribution in [2.24, 2.45) is 5.73 Å². The molecule has 0 aliphatic heterocycles. The van der Waals surface area contributed by atoms with Crippen LogP contribution in [0.5, 0.6) is 5.75 Å². The number of ether oxygens (including phenoxy) is 1. The number of rotatable bonds is 6. The molecule has 2 rings (SSSR count). The third kappa shape index (κ3) is 3.66. The Hall–Kier alpha value is -2.69. The molecule has 0 saturated heterocycles. The molecule has 0 fully saturated rings. The van der Waals surface area contributed by atoms with Gasteiger partial charge in [-0.05, 0) is 29.8 Å². The van der Waals surface area contributed by atoms with Crippen molar-refractivity contribution >= 4 is 12.2 Å². The lowest BCUT2D eigenvalue weighted by molar-refractivity contribution is 0.0996. The Morgan fingerprint density at radius 3 is 2.67 bits per heavy atom. The van der Waals surface area contributed by atoms with Crippen LogP contribution in [0.2, 0.25) is 0 Å². The first-order chi connectivity index (χ1) is 10.1. The maximum Gasteiger partial charge on any atom is 0.252 e. The van der Waals surface area contributed by atoms with E-state index in [1.165, 1.54) is 12.1 Å². The monoisotopic (exact) mass is 287 g/mol. The number of hydrogen-bond donors (Lipinski definition) is 1. The third-order valence-corrected chi connectivity index (χ3v) is 2.99. The lowest BCUT2D eigenvalue weighted by atomic mass is 10.1. The number of aldehydes is 1. The van der Waals surface area contributed by atoms with E-state index in [2.05, 4.69) is 0 Å². The number of benzene rings is 2. The molecule has 2 aromatic carbocycles. The van der Waals surface area contributed by atoms with Crippen LogP contribution >= 0.6 is 0 Å². The topological polar surface area (TPSA) is 69.4 Å². The molecule has 0 aliphatic rings. The molecule has 21 heavy (non-hydrogen) atoms. The predicted octanol–water partition coefficient (Wildman–Crippen LogP) is 2.36. The number of carbonyl (C=O) groups is 2. The van der Waals surface area contributed by atoms with Crippen LogP contribution < -0.4 is 10.5 Å². The molecule has 4 nitrogen and oxygen atoms in total. The summed E-state index contributed by atoms with van der Waals surface area (Å²) in [6.07, 6.45) is 0.919. The first-order valence-corrected chi connectivity index (χ1v) is 6.37. The Kier molecular flexibility index (Phi) is 4.66. The number of carbonyl (C=O) groups excluding carboxylic acids is 2. The molecule has 2 aromatic rings. The van der Waals surface area contributed by atoms with Crippen molar-refractivity contribution in [1.29, 1.82) is 0 Å². The molecule has 0 spiro atoms. The van der Waals surface area contributed by atoms with Crippen LogP contribution in [0.3, 0.4) is 0 Å². The van der Waals surface area contributed by atoms with Gasteiger partial charge >= 0.3 is 0 Å². The minimum absolute atomic E-state index is 0.0266. The Morgan fingerprint density at radius 1 is 1.24 bits per heavy atom. The van der Waals surface area contributed by atoms with Crippen LogP contribution in [-0.2, 0) is 6.42 Å². The van der Waals surface area contributed by atoms with E-state index in [9.17, 15) is 14.0 Å². The Bertz CT molecular complexity index is 670. The fourth-order valence-electron chi connectivity index (χ4n) is 1.90. The minimum Gasteiger partial charge on any atom is -0.492 e. The number of nitrogens with two attached hydrogens (primary N) is 1. The molecule has 0 saturated carbocycles. The van der Waals surface area contributed by atoms with Gasteiger partial charge in [-0.25, -0.2) is 4.39 Å². The highest BCUT2D eigenvalue weighted by Crippen LogP contribution is 2.17. The van der Waals surface area contributed by atoms with Gasteiger partial charge in [-0.2, -0.15) is 0 Å². The van der Waals surface area contributed by atoms with Crippen LogP contribution in [0.4, 0.5) is 4.39 Å². The number of amides is 1. The summed E-state index contributed by atoms with van der Waals surface area (Å²) in [6.45, 7) is 0.268. The Labute approximate surface area is 121 Å². The van der Waals surface area contributed by atoms with Crippen LogP contribution in [0, 0.1) is 5.82 Å². The molecule has 0 aromatic heterocycles. The van der Waals surface area contributed by atoms with Crippen LogP contribution in [0.25, 0.3) is 0 Å². The molecule has 0 heterocycles. The van der Waals surface area contributed by atoms with Crippen molar-refractivity contribution in [2.45, 2.75) is 6.42 Å². The maximum absolute atomic E-state index is 13.4. The highest BCUT2D eigenvalue weighted by atomic mass is 19.1. The standard InChI is InChI=1S/C16H14FNO3/c17-14-9-11(5-6-12(14)10-19)7-8-21-15-4-2-1-3-13(15)16(18)20/h1-6,9-10H,7-8H2,(H2,18,20). The summed E-state index contributed by atoms with van der Waals surface area (Å²) < 4.78 is 18.9. The van der Waals surface area contributed by atoms with Crippen molar-refractivity contribution in [3.05, 3.63) is 65.0 Å². The van der Waals surface area contributed by atoms with E-state index in [-0.39, 0.29) is 12.2 Å². The molecule has 108 valence electrons. The van der Waals surface area contributed by atoms with E-state index in [1.807, 2.05) is 0 Å². The van der Waals surface area contributed by atoms with E-state index < -0.39 is 11.7 Å². The van der Waals surface area contributed by atoms with Gasteiger partial charge in [0, 0.05) is 6.42 Å². The third-order valence-electron chi connectivity index (χ3n) is 2.99. The molecule has 2 N–H and O–H groups in total. The highest BCUT2D eigenvalue weighted by Gasteiger charge is 2.08. The summed E-state index contributed by atoms with van der Waals surface area (Å²) in [7, 11) is 0. The van der Waals surface area contributed by atoms with Crippen molar-refractivity contribution < 1.29 is 18.7 Å². The molecule has 0 atom stereocenters. The average molecular weight is 287 g/mol. The molecule has 1 amide bonds. The van der Waals surface area contributed by atoms with Crippen molar-refractivity contribution in [1.82, 2.24) is 0 Å². The molecule has 0 aliphatic carbocycles. The average Bonchev–Trinajstić information content (AvgIpc) is 2.48. The molecule has 5 heteroatoms. The van der Waals surface area contributed by atoms with E-state index in [0.29, 0.717) is 29.6 Å². The normalized spacial score (nSPS) is 10.1. The van der Waals surface area contributed by atoms with Gasteiger partial charge in [-0.1, -0.05) is 18.2 Å².